The van der Waals surface area contributed by atoms with Gasteiger partial charge >= 0.3 is 0 Å². The average molecular weight is 484 g/mol. The van der Waals surface area contributed by atoms with Crippen molar-refractivity contribution >= 4 is 34.3 Å². The highest BCUT2D eigenvalue weighted by Crippen LogP contribution is 2.22. The first-order chi connectivity index (χ1) is 17.1. The van der Waals surface area contributed by atoms with Crippen molar-refractivity contribution in [1.29, 1.82) is 0 Å². The van der Waals surface area contributed by atoms with Gasteiger partial charge in [-0.3, -0.25) is 18.6 Å². The summed E-state index contributed by atoms with van der Waals surface area (Å²) in [5.74, 6) is 0.600. The van der Waals surface area contributed by atoms with Crippen LogP contribution in [0, 0.1) is 6.92 Å². The van der Waals surface area contributed by atoms with Crippen molar-refractivity contribution in [1.82, 2.24) is 24.5 Å². The van der Waals surface area contributed by atoms with Crippen LogP contribution in [-0.2, 0) is 17.8 Å². The van der Waals surface area contributed by atoms with Crippen LogP contribution in [0.4, 0.5) is 0 Å². The molecule has 7 nitrogen and oxygen atoms in total. The molecular formula is C27H25N5O2S. The monoisotopic (exact) mass is 483 g/mol. The summed E-state index contributed by atoms with van der Waals surface area (Å²) in [4.78, 5) is 25.8. The number of para-hydroxylation sites is 1. The van der Waals surface area contributed by atoms with E-state index in [0.717, 1.165) is 17.5 Å². The summed E-state index contributed by atoms with van der Waals surface area (Å²) in [6.07, 6.45) is 0.785. The van der Waals surface area contributed by atoms with E-state index >= 15 is 0 Å². The summed E-state index contributed by atoms with van der Waals surface area (Å²) in [6, 6.07) is 25.4. The van der Waals surface area contributed by atoms with E-state index in [1.807, 2.05) is 71.1 Å². The predicted molar refractivity (Wildman–Crippen MR) is 139 cm³/mol. The zero-order valence-corrected chi connectivity index (χ0v) is 20.2. The lowest BCUT2D eigenvalue weighted by molar-refractivity contribution is -0.118. The quantitative estimate of drug-likeness (QED) is 0.339. The minimum absolute atomic E-state index is 0.0674. The van der Waals surface area contributed by atoms with Gasteiger partial charge in [0.1, 0.15) is 0 Å². The molecule has 5 aromatic rings. The molecule has 0 bridgehead atoms. The molecule has 1 amide bonds. The molecule has 8 heteroatoms. The van der Waals surface area contributed by atoms with Gasteiger partial charge in [0.25, 0.3) is 5.56 Å². The molecule has 0 radical (unpaired) electrons. The van der Waals surface area contributed by atoms with Crippen LogP contribution in [0.5, 0.6) is 0 Å². The largest absolute Gasteiger partial charge is 0.355 e. The third-order valence-electron chi connectivity index (χ3n) is 5.97. The summed E-state index contributed by atoms with van der Waals surface area (Å²) < 4.78 is 3.50. The molecule has 0 fully saturated rings. The molecule has 0 unspecified atom stereocenters. The fourth-order valence-corrected chi connectivity index (χ4v) is 4.91. The molecule has 1 N–H and O–H groups in total. The van der Waals surface area contributed by atoms with Crippen molar-refractivity contribution in [3.8, 4) is 0 Å². The molecule has 0 atom stereocenters. The first kappa shape index (κ1) is 22.9. The Labute approximate surface area is 206 Å². The number of rotatable bonds is 8. The van der Waals surface area contributed by atoms with Crippen molar-refractivity contribution < 1.29 is 4.79 Å². The molecule has 0 saturated carbocycles. The number of aryl methyl sites for hydroxylation is 1. The van der Waals surface area contributed by atoms with Gasteiger partial charge in [0, 0.05) is 6.54 Å². The Bertz CT molecular complexity index is 1560. The van der Waals surface area contributed by atoms with E-state index in [1.165, 1.54) is 22.9 Å². The summed E-state index contributed by atoms with van der Waals surface area (Å²) in [5.41, 5.74) is 4.06. The Kier molecular flexibility index (Phi) is 6.63. The zero-order chi connectivity index (χ0) is 24.2. The highest BCUT2D eigenvalue weighted by Gasteiger charge is 2.17. The number of carbonyl (C=O) groups excluding carboxylic acids is 1. The third-order valence-corrected chi connectivity index (χ3v) is 6.90. The number of hydrogen-bond acceptors (Lipinski definition) is 5. The van der Waals surface area contributed by atoms with E-state index in [4.69, 9.17) is 0 Å². The smallest absolute Gasteiger partial charge is 0.263 e. The number of fused-ring (bicyclic) bond motifs is 3. The summed E-state index contributed by atoms with van der Waals surface area (Å²) >= 11 is 1.31. The molecule has 5 rings (SSSR count). The van der Waals surface area contributed by atoms with Crippen LogP contribution >= 0.6 is 11.8 Å². The Morgan fingerprint density at radius 1 is 0.943 bits per heavy atom. The van der Waals surface area contributed by atoms with Crippen LogP contribution < -0.4 is 10.9 Å². The number of thioether (sulfide) groups is 1. The third kappa shape index (κ3) is 4.83. The standard InChI is InChI=1S/C27H25N5O2S/c1-19-9-5-6-12-21(19)15-16-28-24(33)18-35-27-30-29-26-31(17-20-10-3-2-4-11-20)25(34)22-13-7-8-14-23(22)32(26)27/h2-14H,15-18H2,1H3,(H,28,33). The fraction of sp³-hybridized carbons (Fsp3) is 0.185. The Morgan fingerprint density at radius 3 is 2.51 bits per heavy atom. The first-order valence-corrected chi connectivity index (χ1v) is 12.4. The van der Waals surface area contributed by atoms with Gasteiger partial charge in [0.15, 0.2) is 5.16 Å². The molecule has 0 aliphatic rings. The average Bonchev–Trinajstić information content (AvgIpc) is 3.31. The number of carbonyl (C=O) groups is 1. The lowest BCUT2D eigenvalue weighted by atomic mass is 10.1. The molecular weight excluding hydrogens is 458 g/mol. The predicted octanol–water partition coefficient (Wildman–Crippen LogP) is 3.85. The van der Waals surface area contributed by atoms with Crippen LogP contribution in [0.1, 0.15) is 16.7 Å². The van der Waals surface area contributed by atoms with Crippen LogP contribution in [-0.4, -0.2) is 37.4 Å². The Hall–Kier alpha value is -3.91. The van der Waals surface area contributed by atoms with Crippen molar-refractivity contribution in [2.75, 3.05) is 12.3 Å². The zero-order valence-electron chi connectivity index (χ0n) is 19.3. The highest BCUT2D eigenvalue weighted by atomic mass is 32.2. The van der Waals surface area contributed by atoms with E-state index in [0.29, 0.717) is 29.4 Å². The molecule has 0 aliphatic carbocycles. The minimum Gasteiger partial charge on any atom is -0.355 e. The summed E-state index contributed by atoms with van der Waals surface area (Å²) in [5, 5.41) is 12.8. The number of amides is 1. The van der Waals surface area contributed by atoms with Crippen molar-refractivity contribution in [2.24, 2.45) is 0 Å². The molecule has 35 heavy (non-hydrogen) atoms. The molecule has 176 valence electrons. The Morgan fingerprint density at radius 2 is 1.69 bits per heavy atom. The first-order valence-electron chi connectivity index (χ1n) is 11.5. The number of benzene rings is 3. The minimum atomic E-state index is -0.116. The number of aromatic nitrogens is 4. The van der Waals surface area contributed by atoms with Gasteiger partial charge in [-0.25, -0.2) is 0 Å². The molecule has 2 heterocycles. The summed E-state index contributed by atoms with van der Waals surface area (Å²) in [6.45, 7) is 3.03. The molecule has 0 saturated heterocycles. The van der Waals surface area contributed by atoms with Gasteiger partial charge in [0.2, 0.25) is 11.7 Å². The second-order valence-electron chi connectivity index (χ2n) is 8.33. The highest BCUT2D eigenvalue weighted by molar-refractivity contribution is 7.99. The number of hydrogen-bond donors (Lipinski definition) is 1. The SMILES string of the molecule is Cc1ccccc1CCNC(=O)CSc1nnc2n(Cc3ccccc3)c(=O)c3ccccc3n12. The summed E-state index contributed by atoms with van der Waals surface area (Å²) in [7, 11) is 0. The van der Waals surface area contributed by atoms with E-state index in [9.17, 15) is 9.59 Å². The normalized spacial score (nSPS) is 11.2. The maximum atomic E-state index is 13.3. The van der Waals surface area contributed by atoms with E-state index < -0.39 is 0 Å². The van der Waals surface area contributed by atoms with Gasteiger partial charge in [0.05, 0.1) is 23.2 Å². The fourth-order valence-electron chi connectivity index (χ4n) is 4.14. The number of nitrogens with zero attached hydrogens (tertiary/aromatic N) is 4. The lowest BCUT2D eigenvalue weighted by Crippen LogP contribution is -2.27. The Balaban J connectivity index is 1.37. The molecule has 2 aromatic heterocycles. The van der Waals surface area contributed by atoms with Crippen molar-refractivity contribution in [3.05, 3.63) is 106 Å². The van der Waals surface area contributed by atoms with E-state index in [1.54, 1.807) is 4.57 Å². The molecule has 0 aliphatic heterocycles. The van der Waals surface area contributed by atoms with Gasteiger partial charge in [-0.15, -0.1) is 10.2 Å². The number of nitrogens with one attached hydrogen (secondary N) is 1. The van der Waals surface area contributed by atoms with Crippen molar-refractivity contribution in [3.63, 3.8) is 0 Å². The van der Waals surface area contributed by atoms with Crippen LogP contribution in [0.2, 0.25) is 0 Å². The van der Waals surface area contributed by atoms with Crippen LogP contribution in [0.3, 0.4) is 0 Å². The molecule has 3 aromatic carbocycles. The maximum Gasteiger partial charge on any atom is 0.263 e. The van der Waals surface area contributed by atoms with Crippen molar-refractivity contribution in [2.45, 2.75) is 25.0 Å². The van der Waals surface area contributed by atoms with Crippen LogP contribution in [0.15, 0.2) is 88.8 Å². The molecule has 0 spiro atoms. The van der Waals surface area contributed by atoms with Gasteiger partial charge in [-0.1, -0.05) is 78.5 Å². The van der Waals surface area contributed by atoms with E-state index in [2.05, 4.69) is 34.6 Å². The van der Waals surface area contributed by atoms with Crippen LogP contribution in [0.25, 0.3) is 16.7 Å². The van der Waals surface area contributed by atoms with E-state index in [-0.39, 0.29) is 17.2 Å². The second-order valence-corrected chi connectivity index (χ2v) is 9.27. The lowest BCUT2D eigenvalue weighted by Gasteiger charge is -2.11. The van der Waals surface area contributed by atoms with Gasteiger partial charge in [-0.05, 0) is 42.2 Å². The maximum absolute atomic E-state index is 13.3. The van der Waals surface area contributed by atoms with Gasteiger partial charge < -0.3 is 5.32 Å². The van der Waals surface area contributed by atoms with Gasteiger partial charge in [-0.2, -0.15) is 0 Å². The second kappa shape index (κ2) is 10.1. The topological polar surface area (TPSA) is 81.3 Å².